The average molecular weight is 456 g/mol. The molecule has 164 valence electrons. The highest BCUT2D eigenvalue weighted by atomic mass is 32.1. The van der Waals surface area contributed by atoms with Gasteiger partial charge in [0.25, 0.3) is 0 Å². The van der Waals surface area contributed by atoms with Gasteiger partial charge in [-0.25, -0.2) is 4.39 Å². The van der Waals surface area contributed by atoms with Crippen molar-refractivity contribution < 1.29 is 4.39 Å². The van der Waals surface area contributed by atoms with Gasteiger partial charge in [0.2, 0.25) is 0 Å². The first kappa shape index (κ1) is 22.3. The van der Waals surface area contributed by atoms with Crippen LogP contribution in [0.1, 0.15) is 29.5 Å². The van der Waals surface area contributed by atoms with Crippen molar-refractivity contribution in [2.24, 2.45) is 0 Å². The minimum absolute atomic E-state index is 0.145. The van der Waals surface area contributed by atoms with Crippen LogP contribution >= 0.6 is 20.6 Å². The Morgan fingerprint density at radius 3 is 2.45 bits per heavy atom. The van der Waals surface area contributed by atoms with Crippen molar-refractivity contribution in [1.82, 2.24) is 4.90 Å². The molecule has 0 spiro atoms. The van der Waals surface area contributed by atoms with Gasteiger partial charge in [0.15, 0.2) is 0 Å². The first-order chi connectivity index (χ1) is 15.0. The normalized spacial score (nSPS) is 14.2. The van der Waals surface area contributed by atoms with E-state index >= 15 is 0 Å². The van der Waals surface area contributed by atoms with Crippen LogP contribution in [-0.2, 0) is 13.1 Å². The standard InChI is InChI=1S/C25H31FN3PS/c1-17-20(16-29-13-4-5-14-29)24(18-9-11-19(27-2)12-10-18)31-25(17)28(3)15-21-22(26)7-6-8-23(21)30/h6-12,27H,4-5,13-16,30H2,1-3H3. The molecular formula is C25H31FN3PS. The Hall–Kier alpha value is -1.94. The molecule has 4 rings (SSSR count). The molecular weight excluding hydrogens is 424 g/mol. The molecule has 6 heteroatoms. The van der Waals surface area contributed by atoms with Gasteiger partial charge in [-0.3, -0.25) is 4.90 Å². The third kappa shape index (κ3) is 4.79. The molecule has 3 nitrogen and oxygen atoms in total. The molecule has 1 aliphatic rings. The fourth-order valence-corrected chi connectivity index (χ4v) is 5.95. The Morgan fingerprint density at radius 2 is 1.81 bits per heavy atom. The minimum atomic E-state index is -0.145. The van der Waals surface area contributed by atoms with Gasteiger partial charge in [-0.15, -0.1) is 20.6 Å². The van der Waals surface area contributed by atoms with Crippen LogP contribution in [0.15, 0.2) is 42.5 Å². The molecule has 3 aromatic rings. The Balaban J connectivity index is 1.71. The highest BCUT2D eigenvalue weighted by molar-refractivity contribution is 7.27. The number of rotatable bonds is 7. The Kier molecular flexibility index (Phi) is 6.95. The fourth-order valence-electron chi connectivity index (χ4n) is 4.33. The number of nitrogens with one attached hydrogen (secondary N) is 1. The lowest BCUT2D eigenvalue weighted by Crippen LogP contribution is -2.21. The van der Waals surface area contributed by atoms with E-state index in [1.54, 1.807) is 12.1 Å². The summed E-state index contributed by atoms with van der Waals surface area (Å²) in [5.74, 6) is -0.145. The van der Waals surface area contributed by atoms with Crippen molar-refractivity contribution >= 4 is 36.6 Å². The molecule has 0 aliphatic carbocycles. The molecule has 0 radical (unpaired) electrons. The van der Waals surface area contributed by atoms with Crippen LogP contribution in [0.25, 0.3) is 10.4 Å². The monoisotopic (exact) mass is 455 g/mol. The van der Waals surface area contributed by atoms with Gasteiger partial charge >= 0.3 is 0 Å². The van der Waals surface area contributed by atoms with E-state index in [4.69, 9.17) is 0 Å². The van der Waals surface area contributed by atoms with Crippen LogP contribution in [0.4, 0.5) is 15.1 Å². The number of thiophene rings is 1. The number of likely N-dealkylation sites (tertiary alicyclic amines) is 1. The Labute approximate surface area is 191 Å². The smallest absolute Gasteiger partial charge is 0.128 e. The van der Waals surface area contributed by atoms with E-state index in [1.165, 1.54) is 52.5 Å². The van der Waals surface area contributed by atoms with Gasteiger partial charge in [-0.2, -0.15) is 0 Å². The van der Waals surface area contributed by atoms with Gasteiger partial charge in [0.1, 0.15) is 5.82 Å². The molecule has 1 aromatic heterocycles. The predicted octanol–water partition coefficient (Wildman–Crippen LogP) is 5.64. The van der Waals surface area contributed by atoms with Crippen LogP contribution < -0.4 is 15.5 Å². The van der Waals surface area contributed by atoms with Crippen molar-refractivity contribution in [3.63, 3.8) is 0 Å². The summed E-state index contributed by atoms with van der Waals surface area (Å²) < 4.78 is 14.5. The molecule has 0 bridgehead atoms. The van der Waals surface area contributed by atoms with E-state index < -0.39 is 0 Å². The SMILES string of the molecule is CNc1ccc(-c2sc(N(C)Cc3c(F)cccc3P)c(C)c2CN2CCCC2)cc1. The second-order valence-corrected chi connectivity index (χ2v) is 9.94. The third-order valence-corrected chi connectivity index (χ3v) is 8.20. The number of hydrogen-bond acceptors (Lipinski definition) is 4. The highest BCUT2D eigenvalue weighted by Crippen LogP contribution is 2.43. The van der Waals surface area contributed by atoms with Crippen molar-refractivity contribution in [2.75, 3.05) is 37.4 Å². The first-order valence-corrected chi connectivity index (χ1v) is 12.2. The lowest BCUT2D eigenvalue weighted by Gasteiger charge is -2.21. The summed E-state index contributed by atoms with van der Waals surface area (Å²) in [4.78, 5) is 6.08. The lowest BCUT2D eigenvalue weighted by molar-refractivity contribution is 0.331. The van der Waals surface area contributed by atoms with E-state index in [0.717, 1.165) is 23.1 Å². The number of nitrogens with zero attached hydrogens (tertiary/aromatic N) is 2. The molecule has 1 unspecified atom stereocenters. The molecule has 31 heavy (non-hydrogen) atoms. The maximum atomic E-state index is 14.5. The number of hydrogen-bond donors (Lipinski definition) is 1. The number of anilines is 2. The molecule has 1 aliphatic heterocycles. The molecule has 1 saturated heterocycles. The summed E-state index contributed by atoms with van der Waals surface area (Å²) in [6, 6.07) is 13.9. The second-order valence-electron chi connectivity index (χ2n) is 8.31. The zero-order valence-corrected chi connectivity index (χ0v) is 20.5. The van der Waals surface area contributed by atoms with Crippen molar-refractivity contribution in [3.8, 4) is 10.4 Å². The number of halogens is 1. The average Bonchev–Trinajstić information content (AvgIpc) is 3.40. The zero-order valence-electron chi connectivity index (χ0n) is 18.5. The fraction of sp³-hybridized carbons (Fsp3) is 0.360. The third-order valence-electron chi connectivity index (χ3n) is 6.16. The molecule has 2 heterocycles. The Morgan fingerprint density at radius 1 is 1.10 bits per heavy atom. The van der Waals surface area contributed by atoms with Crippen molar-refractivity contribution in [2.45, 2.75) is 32.9 Å². The second kappa shape index (κ2) is 9.68. The van der Waals surface area contributed by atoms with Gasteiger partial charge in [0.05, 0.1) is 5.00 Å². The summed E-state index contributed by atoms with van der Waals surface area (Å²) in [6.45, 7) is 6.10. The molecule has 0 amide bonds. The van der Waals surface area contributed by atoms with Crippen molar-refractivity contribution in [3.05, 3.63) is 65.0 Å². The molecule has 1 atom stereocenters. The van der Waals surface area contributed by atoms with E-state index in [0.29, 0.717) is 6.54 Å². The number of benzene rings is 2. The van der Waals surface area contributed by atoms with Gasteiger partial charge in [0, 0.05) is 43.3 Å². The van der Waals surface area contributed by atoms with E-state index in [9.17, 15) is 4.39 Å². The maximum Gasteiger partial charge on any atom is 0.128 e. The maximum absolute atomic E-state index is 14.5. The van der Waals surface area contributed by atoms with E-state index in [-0.39, 0.29) is 5.82 Å². The van der Waals surface area contributed by atoms with Gasteiger partial charge in [-0.1, -0.05) is 24.3 Å². The largest absolute Gasteiger partial charge is 0.388 e. The van der Waals surface area contributed by atoms with E-state index in [1.807, 2.05) is 24.5 Å². The van der Waals surface area contributed by atoms with Crippen LogP contribution in [0.5, 0.6) is 0 Å². The summed E-state index contributed by atoms with van der Waals surface area (Å²) in [7, 11) is 6.68. The lowest BCUT2D eigenvalue weighted by atomic mass is 10.0. The topological polar surface area (TPSA) is 18.5 Å². The van der Waals surface area contributed by atoms with Gasteiger partial charge in [-0.05, 0) is 73.0 Å². The summed E-state index contributed by atoms with van der Waals surface area (Å²) in [5.41, 5.74) is 5.82. The summed E-state index contributed by atoms with van der Waals surface area (Å²) >= 11 is 1.82. The highest BCUT2D eigenvalue weighted by Gasteiger charge is 2.23. The Bertz CT molecular complexity index is 1020. The molecule has 1 fully saturated rings. The molecule has 0 saturated carbocycles. The minimum Gasteiger partial charge on any atom is -0.388 e. The summed E-state index contributed by atoms with van der Waals surface area (Å²) in [6.07, 6.45) is 2.57. The summed E-state index contributed by atoms with van der Waals surface area (Å²) in [5, 5.41) is 5.34. The predicted molar refractivity (Wildman–Crippen MR) is 136 cm³/mol. The molecule has 2 aromatic carbocycles. The van der Waals surface area contributed by atoms with Crippen LogP contribution in [0.2, 0.25) is 0 Å². The van der Waals surface area contributed by atoms with Gasteiger partial charge < -0.3 is 10.2 Å². The van der Waals surface area contributed by atoms with Crippen LogP contribution in [0.3, 0.4) is 0 Å². The van der Waals surface area contributed by atoms with Crippen LogP contribution in [0, 0.1) is 12.7 Å². The molecule has 1 N–H and O–H groups in total. The van der Waals surface area contributed by atoms with E-state index in [2.05, 4.69) is 62.6 Å². The zero-order chi connectivity index (χ0) is 22.0. The van der Waals surface area contributed by atoms with Crippen LogP contribution in [-0.4, -0.2) is 32.1 Å². The first-order valence-electron chi connectivity index (χ1n) is 10.8. The van der Waals surface area contributed by atoms with Crippen molar-refractivity contribution in [1.29, 1.82) is 0 Å². The quantitative estimate of drug-likeness (QED) is 0.466.